The molecule has 1 amide bonds. The number of rotatable bonds is 6. The van der Waals surface area contributed by atoms with E-state index >= 15 is 0 Å². The molecule has 1 aromatic carbocycles. The topological polar surface area (TPSA) is 74.2 Å². The lowest BCUT2D eigenvalue weighted by Gasteiger charge is -2.35. The van der Waals surface area contributed by atoms with Gasteiger partial charge in [-0.1, -0.05) is 35.9 Å². The van der Waals surface area contributed by atoms with Crippen LogP contribution in [0.25, 0.3) is 6.08 Å². The maximum atomic E-state index is 12.7. The zero-order valence-corrected chi connectivity index (χ0v) is 20.4. The van der Waals surface area contributed by atoms with Crippen LogP contribution in [0.4, 0.5) is 24.7 Å². The van der Waals surface area contributed by atoms with Gasteiger partial charge in [0.1, 0.15) is 10.8 Å². The number of aromatic nitrogens is 3. The molecule has 1 saturated heterocycles. The number of alkyl halides is 3. The third-order valence-electron chi connectivity index (χ3n) is 5.56. The lowest BCUT2D eigenvalue weighted by atomic mass is 10.1. The van der Waals surface area contributed by atoms with Crippen molar-refractivity contribution in [2.75, 3.05) is 42.9 Å². The van der Waals surface area contributed by atoms with E-state index in [9.17, 15) is 18.0 Å². The zero-order valence-electron chi connectivity index (χ0n) is 18.8. The Morgan fingerprint density at radius 2 is 1.78 bits per heavy atom. The van der Waals surface area contributed by atoms with Gasteiger partial charge in [-0.05, 0) is 41.4 Å². The van der Waals surface area contributed by atoms with Crippen LogP contribution < -0.4 is 10.2 Å². The molecule has 4 rings (SSSR count). The Hall–Kier alpha value is -3.21. The quantitative estimate of drug-likeness (QED) is 0.341. The van der Waals surface area contributed by atoms with Gasteiger partial charge in [0.05, 0.1) is 11.8 Å². The molecule has 3 aromatic rings. The van der Waals surface area contributed by atoms with Gasteiger partial charge in [-0.15, -0.1) is 0 Å². The average molecular weight is 537 g/mol. The number of piperazine rings is 1. The number of carbonyl (C=O) groups excluding carboxylic acids is 1. The Morgan fingerprint density at radius 3 is 2.44 bits per heavy atom. The van der Waals surface area contributed by atoms with E-state index in [1.165, 1.54) is 30.6 Å². The Bertz CT molecular complexity index is 1250. The van der Waals surface area contributed by atoms with Gasteiger partial charge in [0.15, 0.2) is 5.82 Å². The van der Waals surface area contributed by atoms with Gasteiger partial charge in [0.25, 0.3) is 5.91 Å². The van der Waals surface area contributed by atoms with Gasteiger partial charge in [-0.3, -0.25) is 9.69 Å². The van der Waals surface area contributed by atoms with Gasteiger partial charge in [-0.25, -0.2) is 9.97 Å². The van der Waals surface area contributed by atoms with Gasteiger partial charge in [0, 0.05) is 44.5 Å². The van der Waals surface area contributed by atoms with Crippen molar-refractivity contribution in [3.8, 4) is 0 Å². The summed E-state index contributed by atoms with van der Waals surface area (Å²) in [5.74, 6) is 0.141. The number of carbonyl (C=O) groups is 1. The van der Waals surface area contributed by atoms with Crippen LogP contribution in [0.2, 0.25) is 10.4 Å². The number of halogens is 5. The van der Waals surface area contributed by atoms with E-state index in [0.717, 1.165) is 12.1 Å². The van der Waals surface area contributed by atoms with Crippen molar-refractivity contribution in [3.05, 3.63) is 82.0 Å². The first kappa shape index (κ1) is 25.9. The molecule has 0 atom stereocenters. The van der Waals surface area contributed by atoms with E-state index in [2.05, 4.69) is 25.2 Å². The molecule has 0 radical (unpaired) electrons. The van der Waals surface area contributed by atoms with Crippen molar-refractivity contribution < 1.29 is 18.0 Å². The second kappa shape index (κ2) is 11.2. The van der Waals surface area contributed by atoms with Crippen LogP contribution >= 0.6 is 23.2 Å². The van der Waals surface area contributed by atoms with E-state index in [-0.39, 0.29) is 16.3 Å². The standard InChI is InChI=1S/C24H21Cl2F3N6O/c25-20-14-17(7-8-30-20)22(36)32-19-15-31-23(26)33-21(19)35-12-10-34(11-13-35)9-1-2-16-3-5-18(6-4-16)24(27,28)29/h1-8,14-15H,9-13H2,(H,32,36)/b2-1+. The fraction of sp³-hybridized carbons (Fsp3) is 0.250. The molecule has 1 fully saturated rings. The second-order valence-electron chi connectivity index (χ2n) is 8.01. The molecule has 0 spiro atoms. The number of anilines is 2. The van der Waals surface area contributed by atoms with E-state index in [1.807, 2.05) is 11.0 Å². The van der Waals surface area contributed by atoms with E-state index < -0.39 is 11.7 Å². The summed E-state index contributed by atoms with van der Waals surface area (Å²) in [6.07, 6.45) is 2.29. The first-order valence-corrected chi connectivity index (χ1v) is 11.7. The third-order valence-corrected chi connectivity index (χ3v) is 5.95. The molecule has 1 aliphatic rings. The molecule has 1 N–H and O–H groups in total. The van der Waals surface area contributed by atoms with E-state index in [1.54, 1.807) is 12.1 Å². The average Bonchev–Trinajstić information content (AvgIpc) is 2.85. The highest BCUT2D eigenvalue weighted by Crippen LogP contribution is 2.29. The van der Waals surface area contributed by atoms with Gasteiger partial charge in [-0.2, -0.15) is 18.2 Å². The number of nitrogens with zero attached hydrogens (tertiary/aromatic N) is 5. The maximum Gasteiger partial charge on any atom is 0.416 e. The zero-order chi connectivity index (χ0) is 25.7. The van der Waals surface area contributed by atoms with Crippen molar-refractivity contribution in [1.29, 1.82) is 0 Å². The minimum atomic E-state index is -4.34. The van der Waals surface area contributed by atoms with Crippen molar-refractivity contribution in [2.45, 2.75) is 6.18 Å². The summed E-state index contributed by atoms with van der Waals surface area (Å²) in [6, 6.07) is 8.06. The molecule has 3 heterocycles. The van der Waals surface area contributed by atoms with Crippen molar-refractivity contribution in [1.82, 2.24) is 19.9 Å². The summed E-state index contributed by atoms with van der Waals surface area (Å²) in [4.78, 5) is 29.1. The summed E-state index contributed by atoms with van der Waals surface area (Å²) in [7, 11) is 0. The normalized spacial score (nSPS) is 14.9. The number of benzene rings is 1. The van der Waals surface area contributed by atoms with Gasteiger partial charge in [0.2, 0.25) is 5.28 Å². The van der Waals surface area contributed by atoms with Gasteiger partial charge < -0.3 is 10.2 Å². The summed E-state index contributed by atoms with van der Waals surface area (Å²) in [5.41, 5.74) is 0.808. The highest BCUT2D eigenvalue weighted by molar-refractivity contribution is 6.30. The number of hydrogen-bond acceptors (Lipinski definition) is 6. The molecule has 0 saturated carbocycles. The first-order valence-electron chi connectivity index (χ1n) is 11.0. The molecule has 188 valence electrons. The summed E-state index contributed by atoms with van der Waals surface area (Å²) in [5, 5.41) is 3.08. The van der Waals surface area contributed by atoms with Crippen LogP contribution in [0.15, 0.2) is 54.9 Å². The number of hydrogen-bond donors (Lipinski definition) is 1. The van der Waals surface area contributed by atoms with E-state index in [4.69, 9.17) is 23.2 Å². The van der Waals surface area contributed by atoms with Crippen molar-refractivity contribution >= 4 is 46.7 Å². The summed E-state index contributed by atoms with van der Waals surface area (Å²) < 4.78 is 38.1. The summed E-state index contributed by atoms with van der Waals surface area (Å²) in [6.45, 7) is 3.33. The lowest BCUT2D eigenvalue weighted by Crippen LogP contribution is -2.47. The molecule has 7 nitrogen and oxygen atoms in total. The number of amides is 1. The second-order valence-corrected chi connectivity index (χ2v) is 8.73. The maximum absolute atomic E-state index is 12.7. The molecule has 1 aliphatic heterocycles. The van der Waals surface area contributed by atoms with Crippen LogP contribution in [-0.4, -0.2) is 58.5 Å². The van der Waals surface area contributed by atoms with Crippen LogP contribution in [-0.2, 0) is 6.18 Å². The molecule has 2 aromatic heterocycles. The third kappa shape index (κ3) is 6.71. The van der Waals surface area contributed by atoms with Crippen molar-refractivity contribution in [3.63, 3.8) is 0 Å². The predicted octanol–water partition coefficient (Wildman–Crippen LogP) is 5.28. The molecule has 0 unspecified atom stereocenters. The molecule has 36 heavy (non-hydrogen) atoms. The van der Waals surface area contributed by atoms with E-state index in [0.29, 0.717) is 55.4 Å². The highest BCUT2D eigenvalue weighted by atomic mass is 35.5. The molecule has 0 aliphatic carbocycles. The number of nitrogens with one attached hydrogen (secondary N) is 1. The first-order chi connectivity index (χ1) is 17.2. The Labute approximate surface area is 215 Å². The SMILES string of the molecule is O=C(Nc1cnc(Cl)nc1N1CCN(C/C=C/c2ccc(C(F)(F)F)cc2)CC1)c1ccnc(Cl)c1. The Morgan fingerprint density at radius 1 is 1.06 bits per heavy atom. The lowest BCUT2D eigenvalue weighted by molar-refractivity contribution is -0.137. The van der Waals surface area contributed by atoms with Crippen LogP contribution in [0, 0.1) is 0 Å². The highest BCUT2D eigenvalue weighted by Gasteiger charge is 2.29. The number of pyridine rings is 1. The van der Waals surface area contributed by atoms with Crippen LogP contribution in [0.1, 0.15) is 21.5 Å². The molecular formula is C24H21Cl2F3N6O. The molecule has 12 heteroatoms. The Balaban J connectivity index is 1.35. The van der Waals surface area contributed by atoms with Crippen LogP contribution in [0.3, 0.4) is 0 Å². The van der Waals surface area contributed by atoms with Gasteiger partial charge >= 0.3 is 6.18 Å². The van der Waals surface area contributed by atoms with Crippen molar-refractivity contribution in [2.24, 2.45) is 0 Å². The monoisotopic (exact) mass is 536 g/mol. The fourth-order valence-corrected chi connectivity index (χ4v) is 3.99. The minimum Gasteiger partial charge on any atom is -0.352 e. The largest absolute Gasteiger partial charge is 0.416 e. The smallest absolute Gasteiger partial charge is 0.352 e. The molecular weight excluding hydrogens is 516 g/mol. The predicted molar refractivity (Wildman–Crippen MR) is 133 cm³/mol. The Kier molecular flexibility index (Phi) is 8.07. The molecule has 0 bridgehead atoms. The fourth-order valence-electron chi connectivity index (χ4n) is 3.68. The summed E-state index contributed by atoms with van der Waals surface area (Å²) >= 11 is 11.9. The minimum absolute atomic E-state index is 0.0665. The van der Waals surface area contributed by atoms with Crippen LogP contribution in [0.5, 0.6) is 0 Å².